The lowest BCUT2D eigenvalue weighted by Crippen LogP contribution is -2.40. The Morgan fingerprint density at radius 1 is 1.30 bits per heavy atom. The van der Waals surface area contributed by atoms with Gasteiger partial charge in [-0.1, -0.05) is 18.2 Å². The van der Waals surface area contributed by atoms with E-state index in [4.69, 9.17) is 0 Å². The molecular formula is C16H23N3O. The number of likely N-dealkylation sites (tertiary alicyclic amines) is 1. The van der Waals surface area contributed by atoms with Gasteiger partial charge in [0.1, 0.15) is 0 Å². The number of benzene rings is 1. The van der Waals surface area contributed by atoms with Crippen molar-refractivity contribution in [3.05, 3.63) is 30.3 Å². The van der Waals surface area contributed by atoms with Crippen LogP contribution in [0.4, 0.5) is 5.69 Å². The van der Waals surface area contributed by atoms with Crippen LogP contribution in [-0.2, 0) is 4.79 Å². The molecule has 1 aromatic rings. The molecule has 0 aliphatic carbocycles. The summed E-state index contributed by atoms with van der Waals surface area (Å²) < 4.78 is 0. The largest absolute Gasteiger partial charge is 0.326 e. The average molecular weight is 273 g/mol. The fourth-order valence-corrected chi connectivity index (χ4v) is 3.32. The molecular weight excluding hydrogens is 250 g/mol. The van der Waals surface area contributed by atoms with Crippen LogP contribution in [0.3, 0.4) is 0 Å². The molecule has 1 amide bonds. The molecule has 0 unspecified atom stereocenters. The first-order valence-electron chi connectivity index (χ1n) is 7.62. The van der Waals surface area contributed by atoms with Crippen LogP contribution in [0.5, 0.6) is 0 Å². The van der Waals surface area contributed by atoms with Gasteiger partial charge in [-0.2, -0.15) is 0 Å². The summed E-state index contributed by atoms with van der Waals surface area (Å²) in [5.41, 5.74) is 0.884. The van der Waals surface area contributed by atoms with E-state index in [1.807, 2.05) is 30.3 Å². The second-order valence-corrected chi connectivity index (χ2v) is 5.89. The van der Waals surface area contributed by atoms with E-state index in [-0.39, 0.29) is 5.91 Å². The van der Waals surface area contributed by atoms with Gasteiger partial charge in [0, 0.05) is 37.8 Å². The maximum Gasteiger partial charge on any atom is 0.225 e. The van der Waals surface area contributed by atoms with Gasteiger partial charge in [0.15, 0.2) is 0 Å². The van der Waals surface area contributed by atoms with Gasteiger partial charge >= 0.3 is 0 Å². The zero-order valence-electron chi connectivity index (χ0n) is 11.8. The van der Waals surface area contributed by atoms with Crippen molar-refractivity contribution in [3.8, 4) is 0 Å². The van der Waals surface area contributed by atoms with Crippen LogP contribution >= 0.6 is 0 Å². The zero-order chi connectivity index (χ0) is 13.8. The molecule has 2 fully saturated rings. The highest BCUT2D eigenvalue weighted by atomic mass is 16.1. The van der Waals surface area contributed by atoms with Gasteiger partial charge in [-0.05, 0) is 37.4 Å². The van der Waals surface area contributed by atoms with Gasteiger partial charge in [-0.25, -0.2) is 0 Å². The van der Waals surface area contributed by atoms with Crippen molar-refractivity contribution >= 4 is 11.6 Å². The third kappa shape index (κ3) is 3.38. The maximum atomic E-state index is 11.9. The van der Waals surface area contributed by atoms with Crippen molar-refractivity contribution < 1.29 is 4.79 Å². The normalized spacial score (nSPS) is 26.2. The van der Waals surface area contributed by atoms with Crippen molar-refractivity contribution in [2.75, 3.05) is 31.5 Å². The van der Waals surface area contributed by atoms with Crippen LogP contribution < -0.4 is 10.6 Å². The van der Waals surface area contributed by atoms with Crippen LogP contribution in [-0.4, -0.2) is 43.0 Å². The Morgan fingerprint density at radius 2 is 2.15 bits per heavy atom. The Bertz CT molecular complexity index is 434. The lowest BCUT2D eigenvalue weighted by atomic mass is 9.94. The van der Waals surface area contributed by atoms with Crippen LogP contribution in [0.1, 0.15) is 19.3 Å². The monoisotopic (exact) mass is 273 g/mol. The van der Waals surface area contributed by atoms with E-state index >= 15 is 0 Å². The van der Waals surface area contributed by atoms with Gasteiger partial charge < -0.3 is 15.5 Å². The van der Waals surface area contributed by atoms with E-state index in [0.717, 1.165) is 37.8 Å². The summed E-state index contributed by atoms with van der Waals surface area (Å²) in [6, 6.07) is 10.3. The Hall–Kier alpha value is -1.39. The summed E-state index contributed by atoms with van der Waals surface area (Å²) in [7, 11) is 0. The van der Waals surface area contributed by atoms with Gasteiger partial charge in [0.2, 0.25) is 5.91 Å². The molecule has 0 bridgehead atoms. The Balaban J connectivity index is 1.42. The number of para-hydroxylation sites is 1. The fraction of sp³-hybridized carbons (Fsp3) is 0.562. The van der Waals surface area contributed by atoms with Crippen molar-refractivity contribution in [1.29, 1.82) is 0 Å². The van der Waals surface area contributed by atoms with E-state index < -0.39 is 0 Å². The molecule has 0 spiro atoms. The minimum atomic E-state index is 0.110. The smallest absolute Gasteiger partial charge is 0.225 e. The molecule has 4 nitrogen and oxygen atoms in total. The number of rotatable bonds is 4. The molecule has 0 saturated carbocycles. The van der Waals surface area contributed by atoms with E-state index in [0.29, 0.717) is 12.5 Å². The molecule has 3 rings (SSSR count). The maximum absolute atomic E-state index is 11.9. The number of piperidine rings is 1. The molecule has 1 aromatic carbocycles. The molecule has 2 heterocycles. The Labute approximate surface area is 120 Å². The third-order valence-electron chi connectivity index (χ3n) is 4.39. The van der Waals surface area contributed by atoms with E-state index in [9.17, 15) is 4.79 Å². The molecule has 0 aromatic heterocycles. The van der Waals surface area contributed by atoms with Gasteiger partial charge in [0.05, 0.1) is 0 Å². The molecule has 20 heavy (non-hydrogen) atoms. The molecule has 2 aliphatic heterocycles. The summed E-state index contributed by atoms with van der Waals surface area (Å²) in [6.07, 6.45) is 3.21. The van der Waals surface area contributed by atoms with Crippen molar-refractivity contribution in [1.82, 2.24) is 10.2 Å². The average Bonchev–Trinajstić information content (AvgIpc) is 2.89. The SMILES string of the molecule is O=C(CCN1C[C@@H]2CCCN[C@@H]2C1)Nc1ccccc1. The Morgan fingerprint density at radius 3 is 2.95 bits per heavy atom. The van der Waals surface area contributed by atoms with Gasteiger partial charge in [-0.15, -0.1) is 0 Å². The van der Waals surface area contributed by atoms with E-state index in [1.54, 1.807) is 0 Å². The number of hydrogen-bond donors (Lipinski definition) is 2. The molecule has 2 N–H and O–H groups in total. The summed E-state index contributed by atoms with van der Waals surface area (Å²) in [5.74, 6) is 0.903. The number of nitrogens with zero attached hydrogens (tertiary/aromatic N) is 1. The second kappa shape index (κ2) is 6.37. The number of carbonyl (C=O) groups excluding carboxylic acids is 1. The summed E-state index contributed by atoms with van der Waals surface area (Å²) in [5, 5.41) is 6.54. The lowest BCUT2D eigenvalue weighted by molar-refractivity contribution is -0.116. The number of fused-ring (bicyclic) bond motifs is 1. The quantitative estimate of drug-likeness (QED) is 0.877. The first-order chi connectivity index (χ1) is 9.81. The van der Waals surface area contributed by atoms with Crippen LogP contribution in [0.2, 0.25) is 0 Å². The van der Waals surface area contributed by atoms with Crippen molar-refractivity contribution in [2.45, 2.75) is 25.3 Å². The van der Waals surface area contributed by atoms with Crippen molar-refractivity contribution in [3.63, 3.8) is 0 Å². The molecule has 108 valence electrons. The molecule has 2 aliphatic rings. The minimum absolute atomic E-state index is 0.110. The first kappa shape index (κ1) is 13.6. The molecule has 2 saturated heterocycles. The van der Waals surface area contributed by atoms with Gasteiger partial charge in [-0.3, -0.25) is 4.79 Å². The van der Waals surface area contributed by atoms with Crippen LogP contribution in [0.25, 0.3) is 0 Å². The minimum Gasteiger partial charge on any atom is -0.326 e. The first-order valence-corrected chi connectivity index (χ1v) is 7.62. The van der Waals surface area contributed by atoms with Crippen LogP contribution in [0, 0.1) is 5.92 Å². The zero-order valence-corrected chi connectivity index (χ0v) is 11.8. The number of carbonyl (C=O) groups is 1. The summed E-state index contributed by atoms with van der Waals surface area (Å²) in [4.78, 5) is 14.4. The predicted molar refractivity (Wildman–Crippen MR) is 80.6 cm³/mol. The molecule has 2 atom stereocenters. The highest BCUT2D eigenvalue weighted by Gasteiger charge is 2.33. The predicted octanol–water partition coefficient (Wildman–Crippen LogP) is 1.70. The fourth-order valence-electron chi connectivity index (χ4n) is 3.32. The standard InChI is InChI=1S/C16H23N3O/c20-16(18-14-6-2-1-3-7-14)8-10-19-11-13-5-4-9-17-15(13)12-19/h1-3,6-7,13,15,17H,4-5,8-12H2,(H,18,20)/t13-,15+/m0/s1. The third-order valence-corrected chi connectivity index (χ3v) is 4.39. The highest BCUT2D eigenvalue weighted by molar-refractivity contribution is 5.90. The van der Waals surface area contributed by atoms with Crippen LogP contribution in [0.15, 0.2) is 30.3 Å². The van der Waals surface area contributed by atoms with Gasteiger partial charge in [0.25, 0.3) is 0 Å². The summed E-state index contributed by atoms with van der Waals surface area (Å²) in [6.45, 7) is 4.27. The second-order valence-electron chi connectivity index (χ2n) is 5.89. The molecule has 4 heteroatoms. The lowest BCUT2D eigenvalue weighted by Gasteiger charge is -2.24. The van der Waals surface area contributed by atoms with E-state index in [1.165, 1.54) is 12.8 Å². The number of anilines is 1. The number of hydrogen-bond acceptors (Lipinski definition) is 3. The Kier molecular flexibility index (Phi) is 4.33. The van der Waals surface area contributed by atoms with Crippen molar-refractivity contribution in [2.24, 2.45) is 5.92 Å². The molecule has 0 radical (unpaired) electrons. The highest BCUT2D eigenvalue weighted by Crippen LogP contribution is 2.24. The number of amides is 1. The number of nitrogens with one attached hydrogen (secondary N) is 2. The summed E-state index contributed by atoms with van der Waals surface area (Å²) >= 11 is 0. The van der Waals surface area contributed by atoms with E-state index in [2.05, 4.69) is 15.5 Å². The topological polar surface area (TPSA) is 44.4 Å².